The van der Waals surface area contributed by atoms with Crippen LogP contribution in [-0.2, 0) is 4.79 Å². The summed E-state index contributed by atoms with van der Waals surface area (Å²) in [6.45, 7) is 3.94. The number of carbonyl (C=O) groups is 2. The van der Waals surface area contributed by atoms with Crippen molar-refractivity contribution in [1.29, 1.82) is 0 Å². The van der Waals surface area contributed by atoms with Gasteiger partial charge in [0.1, 0.15) is 16.3 Å². The molecule has 0 saturated carbocycles. The van der Waals surface area contributed by atoms with Crippen LogP contribution >= 0.6 is 23.2 Å². The van der Waals surface area contributed by atoms with Crippen LogP contribution in [0, 0.1) is 5.92 Å². The van der Waals surface area contributed by atoms with Gasteiger partial charge in [-0.3, -0.25) is 9.59 Å². The van der Waals surface area contributed by atoms with Crippen LogP contribution in [0.25, 0.3) is 0 Å². The van der Waals surface area contributed by atoms with Crippen LogP contribution in [-0.4, -0.2) is 29.9 Å². The Morgan fingerprint density at radius 3 is 2.45 bits per heavy atom. The zero-order chi connectivity index (χ0) is 15.3. The molecule has 0 aliphatic carbocycles. The van der Waals surface area contributed by atoms with Crippen molar-refractivity contribution >= 4 is 35.0 Å². The summed E-state index contributed by atoms with van der Waals surface area (Å²) < 4.78 is 0. The lowest BCUT2D eigenvalue weighted by Crippen LogP contribution is -2.46. The maximum absolute atomic E-state index is 12.1. The largest absolute Gasteiger partial charge is 0.357 e. The topological polar surface area (TPSA) is 71.1 Å². The number of halogens is 2. The van der Waals surface area contributed by atoms with Crippen molar-refractivity contribution in [2.45, 2.75) is 26.3 Å². The minimum absolute atomic E-state index is 0.00945. The highest BCUT2D eigenvalue weighted by molar-refractivity contribution is 6.34. The van der Waals surface area contributed by atoms with Gasteiger partial charge in [-0.15, -0.1) is 0 Å². The second-order valence-electron chi connectivity index (χ2n) is 4.74. The number of nitrogens with one attached hydrogen (secondary N) is 2. The van der Waals surface area contributed by atoms with Crippen molar-refractivity contribution in [2.75, 3.05) is 7.05 Å². The molecule has 110 valence electrons. The molecular weight excluding hydrogens is 301 g/mol. The summed E-state index contributed by atoms with van der Waals surface area (Å²) in [4.78, 5) is 27.7. The van der Waals surface area contributed by atoms with Crippen LogP contribution in [0.3, 0.4) is 0 Å². The Kier molecular flexibility index (Phi) is 6.23. The SMILES string of the molecule is CNC(=O)C(CC(C)C)NC(=O)c1ccc(Cl)nc1Cl. The number of hydrogen-bond donors (Lipinski definition) is 2. The van der Waals surface area contributed by atoms with Crippen LogP contribution in [0.1, 0.15) is 30.6 Å². The van der Waals surface area contributed by atoms with Gasteiger partial charge in [0.05, 0.1) is 5.56 Å². The lowest BCUT2D eigenvalue weighted by molar-refractivity contribution is -0.122. The smallest absolute Gasteiger partial charge is 0.255 e. The molecule has 2 N–H and O–H groups in total. The number of rotatable bonds is 5. The van der Waals surface area contributed by atoms with Gasteiger partial charge < -0.3 is 10.6 Å². The van der Waals surface area contributed by atoms with Gasteiger partial charge in [0, 0.05) is 7.05 Å². The standard InChI is InChI=1S/C13H17Cl2N3O2/c1-7(2)6-9(13(20)16-3)17-12(19)8-4-5-10(14)18-11(8)15/h4-5,7,9H,6H2,1-3H3,(H,16,20)(H,17,19). The van der Waals surface area contributed by atoms with Crippen LogP contribution in [0.4, 0.5) is 0 Å². The molecule has 1 rings (SSSR count). The first-order chi connectivity index (χ1) is 9.35. The Hall–Kier alpha value is -1.33. The molecule has 5 nitrogen and oxygen atoms in total. The van der Waals surface area contributed by atoms with E-state index in [0.717, 1.165) is 0 Å². The molecule has 2 amide bonds. The van der Waals surface area contributed by atoms with Crippen LogP contribution in [0.15, 0.2) is 12.1 Å². The quantitative estimate of drug-likeness (QED) is 0.818. The molecule has 0 aliphatic heterocycles. The maximum atomic E-state index is 12.1. The first kappa shape index (κ1) is 16.7. The van der Waals surface area contributed by atoms with Crippen LogP contribution in [0.2, 0.25) is 10.3 Å². The molecule has 0 fully saturated rings. The van der Waals surface area contributed by atoms with E-state index in [-0.39, 0.29) is 27.7 Å². The van der Waals surface area contributed by atoms with Gasteiger partial charge in [0.2, 0.25) is 5.91 Å². The van der Waals surface area contributed by atoms with E-state index in [2.05, 4.69) is 15.6 Å². The molecule has 0 aliphatic rings. The third-order valence-electron chi connectivity index (χ3n) is 2.63. The predicted molar refractivity (Wildman–Crippen MR) is 79.0 cm³/mol. The molecule has 1 aromatic heterocycles. The van der Waals surface area contributed by atoms with Gasteiger partial charge >= 0.3 is 0 Å². The van der Waals surface area contributed by atoms with E-state index >= 15 is 0 Å². The number of hydrogen-bond acceptors (Lipinski definition) is 3. The molecule has 20 heavy (non-hydrogen) atoms. The molecule has 0 saturated heterocycles. The van der Waals surface area contributed by atoms with E-state index in [4.69, 9.17) is 23.2 Å². The Balaban J connectivity index is 2.87. The summed E-state index contributed by atoms with van der Waals surface area (Å²) in [5.41, 5.74) is 0.189. The highest BCUT2D eigenvalue weighted by Crippen LogP contribution is 2.17. The Morgan fingerprint density at radius 2 is 1.95 bits per heavy atom. The van der Waals surface area contributed by atoms with Gasteiger partial charge in [0.25, 0.3) is 5.91 Å². The zero-order valence-corrected chi connectivity index (χ0v) is 13.0. The number of likely N-dealkylation sites (N-methyl/N-ethyl adjacent to an activating group) is 1. The van der Waals surface area contributed by atoms with Gasteiger partial charge in [-0.05, 0) is 24.5 Å². The lowest BCUT2D eigenvalue weighted by Gasteiger charge is -2.19. The highest BCUT2D eigenvalue weighted by Gasteiger charge is 2.22. The number of pyridine rings is 1. The molecule has 0 radical (unpaired) electrons. The summed E-state index contributed by atoms with van der Waals surface area (Å²) in [6.07, 6.45) is 0.532. The van der Waals surface area contributed by atoms with Crippen molar-refractivity contribution in [3.8, 4) is 0 Å². The van der Waals surface area contributed by atoms with Gasteiger partial charge in [-0.1, -0.05) is 37.0 Å². The summed E-state index contributed by atoms with van der Waals surface area (Å²) in [6, 6.07) is 2.34. The number of aromatic nitrogens is 1. The van der Waals surface area contributed by atoms with E-state index < -0.39 is 11.9 Å². The lowest BCUT2D eigenvalue weighted by atomic mass is 10.0. The van der Waals surface area contributed by atoms with Gasteiger partial charge in [-0.2, -0.15) is 0 Å². The van der Waals surface area contributed by atoms with E-state index in [1.807, 2.05) is 13.8 Å². The number of amides is 2. The normalized spacial score (nSPS) is 12.1. The van der Waals surface area contributed by atoms with E-state index in [1.54, 1.807) is 0 Å². The fourth-order valence-electron chi connectivity index (χ4n) is 1.69. The first-order valence-electron chi connectivity index (χ1n) is 6.19. The Bertz CT molecular complexity index is 506. The predicted octanol–water partition coefficient (Wildman–Crippen LogP) is 2.28. The minimum atomic E-state index is -0.612. The van der Waals surface area contributed by atoms with Crippen molar-refractivity contribution < 1.29 is 9.59 Å². The molecule has 0 bridgehead atoms. The molecule has 1 aromatic rings. The fraction of sp³-hybridized carbons (Fsp3) is 0.462. The van der Waals surface area contributed by atoms with Crippen molar-refractivity contribution in [2.24, 2.45) is 5.92 Å². The summed E-state index contributed by atoms with van der Waals surface area (Å²) >= 11 is 11.5. The molecule has 0 aromatic carbocycles. The average Bonchev–Trinajstić information content (AvgIpc) is 2.36. The molecule has 1 unspecified atom stereocenters. The number of nitrogens with zero attached hydrogens (tertiary/aromatic N) is 1. The van der Waals surface area contributed by atoms with E-state index in [1.165, 1.54) is 19.2 Å². The summed E-state index contributed by atoms with van der Waals surface area (Å²) in [7, 11) is 1.53. The average molecular weight is 318 g/mol. The van der Waals surface area contributed by atoms with Crippen LogP contribution < -0.4 is 10.6 Å². The fourth-order valence-corrected chi connectivity index (χ4v) is 2.13. The van der Waals surface area contributed by atoms with Gasteiger partial charge in [0.15, 0.2) is 0 Å². The molecule has 7 heteroatoms. The molecular formula is C13H17Cl2N3O2. The monoisotopic (exact) mass is 317 g/mol. The summed E-state index contributed by atoms with van der Waals surface area (Å²) in [5, 5.41) is 5.40. The second-order valence-corrected chi connectivity index (χ2v) is 5.49. The summed E-state index contributed by atoms with van der Waals surface area (Å²) in [5.74, 6) is -0.435. The maximum Gasteiger partial charge on any atom is 0.255 e. The third kappa shape index (κ3) is 4.65. The number of carbonyl (C=O) groups excluding carboxylic acids is 2. The van der Waals surface area contributed by atoms with Crippen molar-refractivity contribution in [1.82, 2.24) is 15.6 Å². The Morgan fingerprint density at radius 1 is 1.30 bits per heavy atom. The minimum Gasteiger partial charge on any atom is -0.357 e. The molecule has 1 atom stereocenters. The van der Waals surface area contributed by atoms with Crippen LogP contribution in [0.5, 0.6) is 0 Å². The molecule has 0 spiro atoms. The van der Waals surface area contributed by atoms with E-state index in [0.29, 0.717) is 6.42 Å². The second kappa shape index (κ2) is 7.45. The van der Waals surface area contributed by atoms with E-state index in [9.17, 15) is 9.59 Å². The van der Waals surface area contributed by atoms with Gasteiger partial charge in [-0.25, -0.2) is 4.98 Å². The van der Waals surface area contributed by atoms with Crippen molar-refractivity contribution in [3.05, 3.63) is 28.0 Å². The highest BCUT2D eigenvalue weighted by atomic mass is 35.5. The first-order valence-corrected chi connectivity index (χ1v) is 6.95. The zero-order valence-electron chi connectivity index (χ0n) is 11.5. The Labute approximate surface area is 128 Å². The molecule has 1 heterocycles. The third-order valence-corrected chi connectivity index (χ3v) is 3.13. The van der Waals surface area contributed by atoms with Crippen molar-refractivity contribution in [3.63, 3.8) is 0 Å².